The second kappa shape index (κ2) is 8.60. The number of amides is 2. The Hall–Kier alpha value is -3.66. The van der Waals surface area contributed by atoms with Crippen LogP contribution >= 0.6 is 34.5 Å². The van der Waals surface area contributed by atoms with Gasteiger partial charge in [0.25, 0.3) is 0 Å². The summed E-state index contributed by atoms with van der Waals surface area (Å²) in [4.78, 5) is 25.4. The van der Waals surface area contributed by atoms with Crippen molar-refractivity contribution in [3.05, 3.63) is 74.9 Å². The van der Waals surface area contributed by atoms with Crippen molar-refractivity contribution in [1.29, 1.82) is 0 Å². The number of anilines is 2. The van der Waals surface area contributed by atoms with Gasteiger partial charge in [0, 0.05) is 28.5 Å². The van der Waals surface area contributed by atoms with E-state index in [2.05, 4.69) is 20.8 Å². The highest BCUT2D eigenvalue weighted by atomic mass is 35.5. The molecule has 2 heterocycles. The highest BCUT2D eigenvalue weighted by molar-refractivity contribution is 7.18. The average Bonchev–Trinajstić information content (AvgIpc) is 3.27. The SMILES string of the molecule is Cn1c2ccccc2c(=O)c2ccc(NC(=O)Nc3nnc(-c4cc(Cl)cc(Cl)c4O)s3)cc21. The fourth-order valence-electron chi connectivity index (χ4n) is 3.68. The first kappa shape index (κ1) is 22.1. The summed E-state index contributed by atoms with van der Waals surface area (Å²) in [6.45, 7) is 0. The van der Waals surface area contributed by atoms with Crippen LogP contribution in [0.3, 0.4) is 0 Å². The molecule has 11 heteroatoms. The number of hydrogen-bond donors (Lipinski definition) is 3. The first-order chi connectivity index (χ1) is 16.3. The first-order valence-corrected chi connectivity index (χ1v) is 11.5. The average molecular weight is 512 g/mol. The molecule has 34 heavy (non-hydrogen) atoms. The molecule has 0 aliphatic rings. The van der Waals surface area contributed by atoms with Crippen LogP contribution in [0, 0.1) is 0 Å². The van der Waals surface area contributed by atoms with Gasteiger partial charge in [0.05, 0.1) is 21.6 Å². The lowest BCUT2D eigenvalue weighted by atomic mass is 10.1. The van der Waals surface area contributed by atoms with Crippen molar-refractivity contribution in [2.24, 2.45) is 7.05 Å². The number of aromatic nitrogens is 3. The van der Waals surface area contributed by atoms with Crippen molar-refractivity contribution < 1.29 is 9.90 Å². The van der Waals surface area contributed by atoms with Gasteiger partial charge in [0.15, 0.2) is 10.4 Å². The number of pyridine rings is 1. The minimum Gasteiger partial charge on any atom is -0.506 e. The Labute approximate surface area is 206 Å². The number of aromatic hydroxyl groups is 1. The van der Waals surface area contributed by atoms with Crippen LogP contribution in [-0.2, 0) is 7.05 Å². The van der Waals surface area contributed by atoms with Gasteiger partial charge in [0.1, 0.15) is 5.75 Å². The topological polar surface area (TPSA) is 109 Å². The van der Waals surface area contributed by atoms with Crippen LogP contribution in [0.2, 0.25) is 10.0 Å². The third kappa shape index (κ3) is 3.94. The number of hydrogen-bond acceptors (Lipinski definition) is 6. The van der Waals surface area contributed by atoms with E-state index in [4.69, 9.17) is 23.2 Å². The maximum Gasteiger partial charge on any atom is 0.325 e. The van der Waals surface area contributed by atoms with Crippen LogP contribution in [0.1, 0.15) is 0 Å². The number of urea groups is 1. The number of phenolic OH excluding ortho intramolecular Hbond substituents is 1. The Balaban J connectivity index is 1.39. The summed E-state index contributed by atoms with van der Waals surface area (Å²) in [5.74, 6) is -0.174. The summed E-state index contributed by atoms with van der Waals surface area (Å²) in [6, 6.07) is 14.8. The predicted octanol–water partition coefficient (Wildman–Crippen LogP) is 5.87. The van der Waals surface area contributed by atoms with Crippen molar-refractivity contribution in [1.82, 2.24) is 14.8 Å². The number of nitrogens with zero attached hydrogens (tertiary/aromatic N) is 3. The highest BCUT2D eigenvalue weighted by Gasteiger charge is 2.16. The van der Waals surface area contributed by atoms with Crippen molar-refractivity contribution >= 4 is 73.2 Å². The van der Waals surface area contributed by atoms with E-state index in [9.17, 15) is 14.7 Å². The summed E-state index contributed by atoms with van der Waals surface area (Å²) in [7, 11) is 1.87. The second-order valence-corrected chi connectivity index (χ2v) is 9.23. The summed E-state index contributed by atoms with van der Waals surface area (Å²) < 4.78 is 1.91. The molecule has 0 saturated carbocycles. The highest BCUT2D eigenvalue weighted by Crippen LogP contribution is 2.39. The fraction of sp³-hybridized carbons (Fsp3) is 0.0435. The monoisotopic (exact) mass is 511 g/mol. The smallest absolute Gasteiger partial charge is 0.325 e. The molecule has 2 amide bonds. The van der Waals surface area contributed by atoms with Gasteiger partial charge in [-0.05, 0) is 42.5 Å². The zero-order valence-electron chi connectivity index (χ0n) is 17.5. The van der Waals surface area contributed by atoms with Crippen LogP contribution in [0.5, 0.6) is 5.75 Å². The Kier molecular flexibility index (Phi) is 5.60. The predicted molar refractivity (Wildman–Crippen MR) is 136 cm³/mol. The van der Waals surface area contributed by atoms with Crippen LogP contribution in [0.25, 0.3) is 32.4 Å². The van der Waals surface area contributed by atoms with Crippen LogP contribution in [-0.4, -0.2) is 25.9 Å². The van der Waals surface area contributed by atoms with Crippen LogP contribution in [0.15, 0.2) is 59.4 Å². The minimum absolute atomic E-state index is 0.0644. The molecule has 0 aliphatic carbocycles. The number of aryl methyl sites for hydroxylation is 1. The maximum atomic E-state index is 12.8. The molecule has 8 nitrogen and oxygen atoms in total. The van der Waals surface area contributed by atoms with E-state index in [0.29, 0.717) is 37.6 Å². The number of rotatable bonds is 3. The zero-order valence-corrected chi connectivity index (χ0v) is 19.8. The largest absolute Gasteiger partial charge is 0.506 e. The van der Waals surface area contributed by atoms with Crippen molar-refractivity contribution in [2.45, 2.75) is 0 Å². The molecule has 3 N–H and O–H groups in total. The lowest BCUT2D eigenvalue weighted by molar-refractivity contribution is 0.262. The summed E-state index contributed by atoms with van der Waals surface area (Å²) in [5, 5.41) is 25.6. The van der Waals surface area contributed by atoms with Gasteiger partial charge in [-0.25, -0.2) is 4.79 Å². The molecule has 0 unspecified atom stereocenters. The number of nitrogens with one attached hydrogen (secondary N) is 2. The Morgan fingerprint density at radius 2 is 1.76 bits per heavy atom. The standard InChI is InChI=1S/C23H15Cl2N5O3S/c1-30-17-5-3-2-4-13(17)19(31)14-7-6-12(10-18(14)30)26-22(33)27-23-29-28-21(34-23)15-8-11(24)9-16(25)20(15)32/h2-10,32H,1H3,(H2,26,27,29,33). The van der Waals surface area contributed by atoms with Gasteiger partial charge in [0.2, 0.25) is 5.13 Å². The van der Waals surface area contributed by atoms with Crippen molar-refractivity contribution in [3.8, 4) is 16.3 Å². The van der Waals surface area contributed by atoms with Gasteiger partial charge in [-0.15, -0.1) is 10.2 Å². The van der Waals surface area contributed by atoms with Crippen molar-refractivity contribution in [3.63, 3.8) is 0 Å². The molecule has 0 bridgehead atoms. The number of carbonyl (C=O) groups excluding carboxylic acids is 1. The van der Waals surface area contributed by atoms with E-state index in [1.165, 1.54) is 12.1 Å². The molecule has 0 saturated heterocycles. The minimum atomic E-state index is -0.541. The van der Waals surface area contributed by atoms with Gasteiger partial charge in [-0.3, -0.25) is 10.1 Å². The molecule has 0 aliphatic heterocycles. The molecule has 5 rings (SSSR count). The van der Waals surface area contributed by atoms with Crippen LogP contribution < -0.4 is 16.1 Å². The van der Waals surface area contributed by atoms with E-state index < -0.39 is 6.03 Å². The zero-order chi connectivity index (χ0) is 24.0. The quantitative estimate of drug-likeness (QED) is 0.262. The molecule has 0 spiro atoms. The number of carbonyl (C=O) groups is 1. The van der Waals surface area contributed by atoms with E-state index in [-0.39, 0.29) is 21.3 Å². The lowest BCUT2D eigenvalue weighted by Gasteiger charge is -2.12. The first-order valence-electron chi connectivity index (χ1n) is 9.93. The molecule has 0 fully saturated rings. The van der Waals surface area contributed by atoms with Crippen LogP contribution in [0.4, 0.5) is 15.6 Å². The number of benzene rings is 3. The van der Waals surface area contributed by atoms with Gasteiger partial charge < -0.3 is 15.0 Å². The Morgan fingerprint density at radius 3 is 2.59 bits per heavy atom. The molecule has 5 aromatic rings. The Morgan fingerprint density at radius 1 is 1.00 bits per heavy atom. The lowest BCUT2D eigenvalue weighted by Crippen LogP contribution is -2.19. The fourth-order valence-corrected chi connectivity index (χ4v) is 4.93. The molecule has 170 valence electrons. The molecule has 3 aromatic carbocycles. The molecule has 2 aromatic heterocycles. The van der Waals surface area contributed by atoms with E-state index in [0.717, 1.165) is 16.9 Å². The molecular weight excluding hydrogens is 497 g/mol. The molecule has 0 atom stereocenters. The number of para-hydroxylation sites is 1. The third-order valence-electron chi connectivity index (χ3n) is 5.28. The van der Waals surface area contributed by atoms with E-state index >= 15 is 0 Å². The normalized spacial score (nSPS) is 11.1. The second-order valence-electron chi connectivity index (χ2n) is 7.41. The number of fused-ring (bicyclic) bond motifs is 2. The number of phenols is 1. The van der Waals surface area contributed by atoms with Gasteiger partial charge in [-0.2, -0.15) is 0 Å². The van der Waals surface area contributed by atoms with Gasteiger partial charge >= 0.3 is 6.03 Å². The van der Waals surface area contributed by atoms with Gasteiger partial charge in [-0.1, -0.05) is 46.7 Å². The third-order valence-corrected chi connectivity index (χ3v) is 6.65. The summed E-state index contributed by atoms with van der Waals surface area (Å²) >= 11 is 13.0. The maximum absolute atomic E-state index is 12.8. The molecule has 0 radical (unpaired) electrons. The molecular formula is C23H15Cl2N5O3S. The number of halogens is 2. The van der Waals surface area contributed by atoms with Crippen molar-refractivity contribution in [2.75, 3.05) is 10.6 Å². The van der Waals surface area contributed by atoms with E-state index in [1.807, 2.05) is 29.8 Å². The Bertz CT molecular complexity index is 1660. The summed E-state index contributed by atoms with van der Waals surface area (Å²) in [6.07, 6.45) is 0. The summed E-state index contributed by atoms with van der Waals surface area (Å²) in [5.41, 5.74) is 2.23. The van der Waals surface area contributed by atoms with E-state index in [1.54, 1.807) is 24.3 Å².